The zero-order chi connectivity index (χ0) is 38.6. The number of anilines is 2. The van der Waals surface area contributed by atoms with Gasteiger partial charge in [0.1, 0.15) is 23.7 Å². The molecule has 288 valence electrons. The first-order valence-corrected chi connectivity index (χ1v) is 19.5. The molecule has 0 radical (unpaired) electrons. The van der Waals surface area contributed by atoms with Gasteiger partial charge in [0.15, 0.2) is 0 Å². The van der Waals surface area contributed by atoms with Crippen LogP contribution in [0, 0.1) is 16.7 Å². The van der Waals surface area contributed by atoms with Crippen molar-refractivity contribution in [2.75, 3.05) is 63.3 Å². The average molecular weight is 737 g/mol. The molecule has 4 rings (SSSR count). The van der Waals surface area contributed by atoms with Crippen LogP contribution < -0.4 is 10.6 Å². The number of hydrogen-bond donors (Lipinski definition) is 4. The maximum Gasteiger partial charge on any atom is 0.328 e. The second-order valence-electron chi connectivity index (χ2n) is 15.2. The van der Waals surface area contributed by atoms with Gasteiger partial charge in [-0.15, -0.1) is 0 Å². The van der Waals surface area contributed by atoms with E-state index in [1.807, 2.05) is 45.2 Å². The molecule has 3 aromatic rings. The van der Waals surface area contributed by atoms with E-state index in [1.54, 1.807) is 18.7 Å². The van der Waals surface area contributed by atoms with Crippen LogP contribution in [0.25, 0.3) is 10.9 Å². The third-order valence-electron chi connectivity index (χ3n) is 8.81. The molecule has 0 bridgehead atoms. The van der Waals surface area contributed by atoms with Crippen LogP contribution in [0.15, 0.2) is 54.9 Å². The number of carboxylic acids is 1. The maximum atomic E-state index is 12.3. The predicted octanol–water partition coefficient (Wildman–Crippen LogP) is 8.00. The summed E-state index contributed by atoms with van der Waals surface area (Å²) in [5.41, 5.74) is 3.30. The van der Waals surface area contributed by atoms with Crippen LogP contribution >= 0.6 is 12.6 Å². The second-order valence-corrected chi connectivity index (χ2v) is 15.2. The molecule has 0 aliphatic carbocycles. The van der Waals surface area contributed by atoms with Crippen molar-refractivity contribution in [2.24, 2.45) is 16.7 Å². The van der Waals surface area contributed by atoms with Crippen LogP contribution in [-0.4, -0.2) is 89.4 Å². The lowest BCUT2D eigenvalue weighted by atomic mass is 9.72. The molecule has 10 nitrogen and oxygen atoms in total. The first-order valence-electron chi connectivity index (χ1n) is 18.6. The quantitative estimate of drug-likeness (QED) is 0.0546. The van der Waals surface area contributed by atoms with Crippen molar-refractivity contribution < 1.29 is 19.4 Å². The first kappa shape index (κ1) is 44.6. The number of carboxylic acid groups (broad SMARTS) is 1. The summed E-state index contributed by atoms with van der Waals surface area (Å²) in [4.78, 5) is 38.5. The number of nitrogens with one attached hydrogen (secondary N) is 2. The predicted molar refractivity (Wildman–Crippen MR) is 219 cm³/mol. The van der Waals surface area contributed by atoms with Crippen molar-refractivity contribution in [1.82, 2.24) is 19.9 Å². The number of aliphatic carboxylic acids is 1. The number of ketones is 1. The zero-order valence-corrected chi connectivity index (χ0v) is 33.8. The highest BCUT2D eigenvalue weighted by atomic mass is 32.1. The van der Waals surface area contributed by atoms with Gasteiger partial charge in [0, 0.05) is 56.2 Å². The minimum Gasteiger partial charge on any atom is -0.478 e. The molecule has 0 spiro atoms. The van der Waals surface area contributed by atoms with Gasteiger partial charge in [-0.05, 0) is 85.9 Å². The second kappa shape index (κ2) is 23.2. The Bertz CT molecular complexity index is 1540. The standard InChI is InChI=1S/C31H51N3O4.C9H9N3.CH4S/c1-24(2)27(35)21-30(3,4)22-31(5,6)23-38-20-19-34(18-10-13-28(36)37)17-8-7-12-26-15-14-25-11-9-16-32-29(25)33-26;1-10-9-7-4-2-3-5-8(7)11-6-12-9;1-2/h10,13-15,24H,7-9,11-12,16-23H2,1-6H3,(H,32,33)(H,36,37);2-6H,1H3,(H,10,11,12);2H,1H3/b13-10+;;. The number of thiol groups is 1. The number of rotatable bonds is 19. The molecule has 3 heterocycles. The van der Waals surface area contributed by atoms with E-state index in [-0.39, 0.29) is 16.7 Å². The Hall–Kier alpha value is -3.54. The molecule has 1 aromatic carbocycles. The van der Waals surface area contributed by atoms with Crippen molar-refractivity contribution in [3.8, 4) is 0 Å². The fourth-order valence-corrected chi connectivity index (χ4v) is 6.58. The van der Waals surface area contributed by atoms with Gasteiger partial charge in [0.25, 0.3) is 0 Å². The summed E-state index contributed by atoms with van der Waals surface area (Å²) >= 11 is 3.53. The van der Waals surface area contributed by atoms with Crippen molar-refractivity contribution in [2.45, 2.75) is 86.5 Å². The molecule has 0 saturated carbocycles. The molecule has 0 unspecified atom stereocenters. The molecule has 0 amide bonds. The fourth-order valence-electron chi connectivity index (χ4n) is 6.58. The molecular formula is C41H64N6O4S. The number of aromatic nitrogens is 3. The number of unbranched alkanes of at least 4 members (excludes halogenated alkanes) is 1. The van der Waals surface area contributed by atoms with E-state index in [2.05, 4.69) is 78.0 Å². The average Bonchev–Trinajstić information content (AvgIpc) is 3.11. The van der Waals surface area contributed by atoms with Crippen LogP contribution in [0.5, 0.6) is 0 Å². The van der Waals surface area contributed by atoms with Crippen molar-refractivity contribution >= 4 is 46.9 Å². The van der Waals surface area contributed by atoms with Crippen molar-refractivity contribution in [3.63, 3.8) is 0 Å². The maximum absolute atomic E-state index is 12.3. The minimum atomic E-state index is -0.923. The highest BCUT2D eigenvalue weighted by Gasteiger charge is 2.31. The number of para-hydroxylation sites is 1. The van der Waals surface area contributed by atoms with E-state index in [0.717, 1.165) is 80.0 Å². The van der Waals surface area contributed by atoms with E-state index in [4.69, 9.17) is 14.8 Å². The van der Waals surface area contributed by atoms with Gasteiger partial charge >= 0.3 is 5.97 Å². The third kappa shape index (κ3) is 16.9. The molecule has 11 heteroatoms. The molecule has 52 heavy (non-hydrogen) atoms. The molecule has 0 saturated heterocycles. The van der Waals surface area contributed by atoms with E-state index in [1.165, 1.54) is 18.1 Å². The lowest BCUT2D eigenvalue weighted by molar-refractivity contribution is -0.131. The molecule has 0 fully saturated rings. The van der Waals surface area contributed by atoms with Crippen LogP contribution in [0.1, 0.15) is 84.9 Å². The zero-order valence-electron chi connectivity index (χ0n) is 32.9. The molecule has 3 N–H and O–H groups in total. The van der Waals surface area contributed by atoms with Gasteiger partial charge in [-0.3, -0.25) is 9.69 Å². The molecule has 1 aliphatic rings. The van der Waals surface area contributed by atoms with Gasteiger partial charge in [-0.25, -0.2) is 19.7 Å². The van der Waals surface area contributed by atoms with Crippen LogP contribution in [0.4, 0.5) is 11.6 Å². The normalized spacial score (nSPS) is 12.8. The van der Waals surface area contributed by atoms with Crippen molar-refractivity contribution in [1.29, 1.82) is 0 Å². The number of pyridine rings is 1. The molecule has 0 atom stereocenters. The largest absolute Gasteiger partial charge is 0.478 e. The molecule has 1 aliphatic heterocycles. The Labute approximate surface area is 318 Å². The third-order valence-corrected chi connectivity index (χ3v) is 8.81. The van der Waals surface area contributed by atoms with E-state index in [9.17, 15) is 9.59 Å². The molecule has 2 aromatic heterocycles. The summed E-state index contributed by atoms with van der Waals surface area (Å²) in [6, 6.07) is 12.3. The number of ether oxygens (including phenoxy) is 1. The fraction of sp³-hybridized carbons (Fsp3) is 0.585. The van der Waals surface area contributed by atoms with E-state index in [0.29, 0.717) is 32.0 Å². The lowest BCUT2D eigenvalue weighted by Gasteiger charge is -2.35. The summed E-state index contributed by atoms with van der Waals surface area (Å²) in [5, 5.41) is 16.4. The number of nitrogens with zero attached hydrogens (tertiary/aromatic N) is 4. The number of benzene rings is 1. The summed E-state index contributed by atoms with van der Waals surface area (Å²) in [5.74, 6) is 1.38. The Balaban J connectivity index is 0.000000553. The minimum absolute atomic E-state index is 0.0362. The van der Waals surface area contributed by atoms with Crippen LogP contribution in [-0.2, 0) is 27.2 Å². The van der Waals surface area contributed by atoms with Crippen molar-refractivity contribution in [3.05, 3.63) is 66.1 Å². The van der Waals surface area contributed by atoms with Crippen LogP contribution in [0.2, 0.25) is 0 Å². The lowest BCUT2D eigenvalue weighted by Crippen LogP contribution is -2.32. The van der Waals surface area contributed by atoms with Gasteiger partial charge < -0.3 is 20.5 Å². The Morgan fingerprint density at radius 3 is 2.52 bits per heavy atom. The smallest absolute Gasteiger partial charge is 0.328 e. The summed E-state index contributed by atoms with van der Waals surface area (Å²) in [6.07, 6.45) is 12.9. The summed E-state index contributed by atoms with van der Waals surface area (Å²) < 4.78 is 6.10. The number of fused-ring (bicyclic) bond motifs is 2. The van der Waals surface area contributed by atoms with Crippen LogP contribution in [0.3, 0.4) is 0 Å². The topological polar surface area (TPSA) is 130 Å². The summed E-state index contributed by atoms with van der Waals surface area (Å²) in [7, 11) is 1.86. The van der Waals surface area contributed by atoms with Gasteiger partial charge in [-0.2, -0.15) is 12.6 Å². The number of carbonyl (C=O) groups excluding carboxylic acids is 1. The Morgan fingerprint density at radius 2 is 1.81 bits per heavy atom. The Kier molecular flexibility index (Phi) is 19.9. The highest BCUT2D eigenvalue weighted by Crippen LogP contribution is 2.37. The first-order chi connectivity index (χ1) is 24.8. The van der Waals surface area contributed by atoms with E-state index < -0.39 is 5.97 Å². The number of Topliss-reactive ketones (excluding diaryl/α,β-unsaturated/α-hetero) is 1. The SMILES string of the molecule is CC(C)C(=O)CC(C)(C)CC(C)(C)COCCN(C/C=C/C(=O)O)CCCCc1ccc2c(n1)NCCC2.CNc1ncnc2ccccc12.CS. The highest BCUT2D eigenvalue weighted by molar-refractivity contribution is 7.79. The van der Waals surface area contributed by atoms with E-state index >= 15 is 0 Å². The monoisotopic (exact) mass is 736 g/mol. The van der Waals surface area contributed by atoms with Gasteiger partial charge in [-0.1, -0.05) is 65.8 Å². The Morgan fingerprint density at radius 1 is 1.06 bits per heavy atom. The number of carbonyl (C=O) groups is 2. The molecular weight excluding hydrogens is 673 g/mol. The summed E-state index contributed by atoms with van der Waals surface area (Å²) in [6.45, 7) is 17.1. The number of hydrogen-bond acceptors (Lipinski definition) is 10. The van der Waals surface area contributed by atoms with Gasteiger partial charge in [0.05, 0.1) is 18.7 Å². The van der Waals surface area contributed by atoms with Gasteiger partial charge in [0.2, 0.25) is 0 Å². The number of aryl methyl sites for hydroxylation is 2.